The highest BCUT2D eigenvalue weighted by Crippen LogP contribution is 2.68. The molecule has 0 saturated heterocycles. The molecule has 0 aliphatic heterocycles. The maximum atomic E-state index is 2.48. The SMILES string of the molecule is CC(C)(C)C1(C(C)(C)C)c2c(ccc3cc(N(c4ccccc4)c4ccc(-c5ccccc5)cc4)ccc23)-c2c1c1ccc(N(c3ccccc3)c3ccc(-c4ccccc4)cc3)cc1c1ccccc21. The molecular formula is C69H58N2. The van der Waals surface area contributed by atoms with Crippen LogP contribution in [0, 0.1) is 10.8 Å². The van der Waals surface area contributed by atoms with Crippen LogP contribution in [0.5, 0.6) is 0 Å². The zero-order valence-corrected chi connectivity index (χ0v) is 41.5. The van der Waals surface area contributed by atoms with E-state index in [9.17, 15) is 0 Å². The lowest BCUT2D eigenvalue weighted by Gasteiger charge is -2.54. The average molecular weight is 915 g/mol. The Kier molecular flexibility index (Phi) is 10.6. The quantitative estimate of drug-likeness (QED) is 0.140. The standard InChI is InChI=1S/C69H58N2/c1-67(2,3)69(68(4,5)6)65-58-43-40-56(70(52-25-15-9-16-26-52)54-36-31-49(32-37-54)47-21-11-7-12-22-47)45-51(58)35-42-62(65)64-60-30-20-19-29-59(60)63-46-57(41-44-61(63)66(64)69)71(53-27-17-10-18-28-53)55-38-33-50(34-39-55)48-23-13-8-14-24-48/h7-46H,1-6H3. The van der Waals surface area contributed by atoms with Crippen molar-refractivity contribution in [3.8, 4) is 33.4 Å². The summed E-state index contributed by atoms with van der Waals surface area (Å²) < 4.78 is 0. The summed E-state index contributed by atoms with van der Waals surface area (Å²) in [7, 11) is 0. The van der Waals surface area contributed by atoms with Gasteiger partial charge in [0, 0.05) is 39.5 Å². The Hall–Kier alpha value is -8.20. The fourth-order valence-electron chi connectivity index (χ4n) is 12.7. The molecule has 0 radical (unpaired) electrons. The Bertz CT molecular complexity index is 3720. The van der Waals surface area contributed by atoms with E-state index in [0.29, 0.717) is 0 Å². The molecule has 1 aliphatic rings. The molecule has 0 amide bonds. The molecule has 71 heavy (non-hydrogen) atoms. The van der Waals surface area contributed by atoms with Crippen molar-refractivity contribution in [1.82, 2.24) is 0 Å². The highest BCUT2D eigenvalue weighted by molar-refractivity contribution is 6.20. The van der Waals surface area contributed by atoms with Gasteiger partial charge in [0.2, 0.25) is 0 Å². The van der Waals surface area contributed by atoms with Gasteiger partial charge < -0.3 is 9.80 Å². The van der Waals surface area contributed by atoms with Gasteiger partial charge in [0.1, 0.15) is 0 Å². The van der Waals surface area contributed by atoms with Crippen LogP contribution in [0.25, 0.3) is 65.7 Å². The number of para-hydroxylation sites is 2. The second-order valence-corrected chi connectivity index (χ2v) is 21.3. The first-order valence-corrected chi connectivity index (χ1v) is 25.1. The average Bonchev–Trinajstić information content (AvgIpc) is 3.75. The highest BCUT2D eigenvalue weighted by atomic mass is 15.1. The third kappa shape index (κ3) is 7.15. The van der Waals surface area contributed by atoms with E-state index in [1.807, 2.05) is 0 Å². The van der Waals surface area contributed by atoms with Gasteiger partial charge in [-0.1, -0.05) is 211 Å². The highest BCUT2D eigenvalue weighted by Gasteiger charge is 2.59. The van der Waals surface area contributed by atoms with Crippen molar-refractivity contribution in [3.05, 3.63) is 254 Å². The summed E-state index contributed by atoms with van der Waals surface area (Å²) in [6.45, 7) is 14.9. The maximum absolute atomic E-state index is 2.48. The van der Waals surface area contributed by atoms with Gasteiger partial charge in [-0.05, 0) is 160 Å². The largest absolute Gasteiger partial charge is 0.310 e. The van der Waals surface area contributed by atoms with E-state index in [-0.39, 0.29) is 10.8 Å². The number of hydrogen-bond donors (Lipinski definition) is 0. The van der Waals surface area contributed by atoms with Crippen LogP contribution in [0.3, 0.4) is 0 Å². The Balaban J connectivity index is 1.06. The molecule has 0 atom stereocenters. The normalized spacial score (nSPS) is 13.0. The van der Waals surface area contributed by atoms with Gasteiger partial charge in [-0.3, -0.25) is 0 Å². The molecule has 0 unspecified atom stereocenters. The Morgan fingerprint density at radius 1 is 0.282 bits per heavy atom. The van der Waals surface area contributed by atoms with Gasteiger partial charge >= 0.3 is 0 Å². The number of anilines is 6. The Labute approximate surface area is 419 Å². The predicted octanol–water partition coefficient (Wildman–Crippen LogP) is 19.8. The summed E-state index contributed by atoms with van der Waals surface area (Å²) in [5.41, 5.74) is 16.4. The monoisotopic (exact) mass is 914 g/mol. The summed E-state index contributed by atoms with van der Waals surface area (Å²) in [6, 6.07) is 89.3. The Morgan fingerprint density at radius 3 is 1.17 bits per heavy atom. The van der Waals surface area contributed by atoms with Gasteiger partial charge in [-0.25, -0.2) is 0 Å². The lowest BCUT2D eigenvalue weighted by Crippen LogP contribution is -2.50. The van der Waals surface area contributed by atoms with E-state index in [1.54, 1.807) is 0 Å². The summed E-state index contributed by atoms with van der Waals surface area (Å²) in [4.78, 5) is 4.80. The fourth-order valence-corrected chi connectivity index (χ4v) is 12.7. The van der Waals surface area contributed by atoms with Crippen LogP contribution in [0.15, 0.2) is 243 Å². The lowest BCUT2D eigenvalue weighted by molar-refractivity contribution is 0.0977. The third-order valence-electron chi connectivity index (χ3n) is 15.3. The maximum Gasteiger partial charge on any atom is 0.0468 e. The van der Waals surface area contributed by atoms with Crippen LogP contribution in [0.4, 0.5) is 34.1 Å². The number of nitrogens with zero attached hydrogens (tertiary/aromatic N) is 2. The van der Waals surface area contributed by atoms with Crippen LogP contribution < -0.4 is 9.80 Å². The van der Waals surface area contributed by atoms with Crippen molar-refractivity contribution in [2.75, 3.05) is 9.80 Å². The zero-order valence-electron chi connectivity index (χ0n) is 41.5. The van der Waals surface area contributed by atoms with Crippen molar-refractivity contribution in [1.29, 1.82) is 0 Å². The molecule has 11 aromatic rings. The van der Waals surface area contributed by atoms with Crippen molar-refractivity contribution < 1.29 is 0 Å². The molecule has 0 N–H and O–H groups in total. The van der Waals surface area contributed by atoms with Gasteiger partial charge in [0.05, 0.1) is 0 Å². The van der Waals surface area contributed by atoms with Crippen LogP contribution in [0.1, 0.15) is 52.7 Å². The van der Waals surface area contributed by atoms with Gasteiger partial charge in [0.15, 0.2) is 0 Å². The molecule has 0 fully saturated rings. The predicted molar refractivity (Wildman–Crippen MR) is 304 cm³/mol. The smallest absolute Gasteiger partial charge is 0.0468 e. The second-order valence-electron chi connectivity index (χ2n) is 21.3. The van der Waals surface area contributed by atoms with Crippen molar-refractivity contribution in [2.45, 2.75) is 47.0 Å². The molecule has 2 nitrogen and oxygen atoms in total. The van der Waals surface area contributed by atoms with E-state index in [2.05, 4.69) is 294 Å². The zero-order chi connectivity index (χ0) is 48.5. The summed E-state index contributed by atoms with van der Waals surface area (Å²) in [5, 5.41) is 7.70. The minimum atomic E-state index is -0.395. The number of hydrogen-bond acceptors (Lipinski definition) is 2. The summed E-state index contributed by atoms with van der Waals surface area (Å²) >= 11 is 0. The molecule has 0 bridgehead atoms. The minimum Gasteiger partial charge on any atom is -0.310 e. The van der Waals surface area contributed by atoms with Gasteiger partial charge in [-0.2, -0.15) is 0 Å². The molecule has 11 aromatic carbocycles. The molecule has 0 spiro atoms. The van der Waals surface area contributed by atoms with E-state index < -0.39 is 5.41 Å². The topological polar surface area (TPSA) is 6.48 Å². The molecule has 344 valence electrons. The number of fused-ring (bicyclic) bond motifs is 10. The second kappa shape index (κ2) is 17.0. The van der Waals surface area contributed by atoms with E-state index >= 15 is 0 Å². The molecule has 0 aromatic heterocycles. The third-order valence-corrected chi connectivity index (χ3v) is 15.3. The van der Waals surface area contributed by atoms with Crippen LogP contribution in [-0.4, -0.2) is 0 Å². The molecule has 12 rings (SSSR count). The van der Waals surface area contributed by atoms with Crippen LogP contribution in [0.2, 0.25) is 0 Å². The van der Waals surface area contributed by atoms with Crippen molar-refractivity contribution in [2.24, 2.45) is 10.8 Å². The number of rotatable bonds is 8. The van der Waals surface area contributed by atoms with E-state index in [0.717, 1.165) is 34.1 Å². The van der Waals surface area contributed by atoms with Crippen molar-refractivity contribution >= 4 is 66.4 Å². The molecular weight excluding hydrogens is 857 g/mol. The molecule has 0 saturated carbocycles. The molecule has 2 heteroatoms. The van der Waals surface area contributed by atoms with Crippen molar-refractivity contribution in [3.63, 3.8) is 0 Å². The molecule has 1 aliphatic carbocycles. The summed E-state index contributed by atoms with van der Waals surface area (Å²) in [6.07, 6.45) is 0. The molecule has 0 heterocycles. The number of benzene rings is 11. The Morgan fingerprint density at radius 2 is 0.676 bits per heavy atom. The summed E-state index contributed by atoms with van der Waals surface area (Å²) in [5.74, 6) is 0. The van der Waals surface area contributed by atoms with E-state index in [1.165, 1.54) is 76.8 Å². The van der Waals surface area contributed by atoms with E-state index in [4.69, 9.17) is 0 Å². The fraction of sp³-hybridized carbons (Fsp3) is 0.130. The van der Waals surface area contributed by atoms with Crippen LogP contribution in [-0.2, 0) is 5.41 Å². The minimum absolute atomic E-state index is 0.195. The first kappa shape index (κ1) is 44.0. The van der Waals surface area contributed by atoms with Gasteiger partial charge in [0.25, 0.3) is 0 Å². The first-order chi connectivity index (χ1) is 34.5. The van der Waals surface area contributed by atoms with Gasteiger partial charge in [-0.15, -0.1) is 0 Å². The first-order valence-electron chi connectivity index (χ1n) is 25.1. The lowest BCUT2D eigenvalue weighted by atomic mass is 9.49. The van der Waals surface area contributed by atoms with Crippen LogP contribution >= 0.6 is 0 Å².